The van der Waals surface area contributed by atoms with Crippen molar-refractivity contribution in [2.24, 2.45) is 0 Å². The van der Waals surface area contributed by atoms with Crippen molar-refractivity contribution in [3.63, 3.8) is 0 Å². The molecule has 0 saturated heterocycles. The predicted molar refractivity (Wildman–Crippen MR) is 68.0 cm³/mol. The van der Waals surface area contributed by atoms with Gasteiger partial charge >= 0.3 is 11.7 Å². The van der Waals surface area contributed by atoms with Gasteiger partial charge < -0.3 is 9.64 Å². The van der Waals surface area contributed by atoms with Crippen LogP contribution in [0.15, 0.2) is 18.2 Å². The molecule has 6 nitrogen and oxygen atoms in total. The third-order valence-corrected chi connectivity index (χ3v) is 2.72. The van der Waals surface area contributed by atoms with Gasteiger partial charge in [-0.05, 0) is 19.1 Å². The summed E-state index contributed by atoms with van der Waals surface area (Å²) in [6.45, 7) is 2.15. The van der Waals surface area contributed by atoms with Crippen molar-refractivity contribution >= 4 is 28.9 Å². The number of likely N-dealkylation sites (N-methyl/N-ethyl adjacent to an activating group) is 1. The molecular weight excluding hydrogens is 260 g/mol. The minimum absolute atomic E-state index is 0.0424. The highest BCUT2D eigenvalue weighted by Gasteiger charge is 2.23. The number of methoxy groups -OCH3 is 1. The Bertz CT molecular complexity index is 464. The van der Waals surface area contributed by atoms with Gasteiger partial charge in [0.25, 0.3) is 0 Å². The lowest BCUT2D eigenvalue weighted by Crippen LogP contribution is -2.30. The monoisotopic (exact) mass is 272 g/mol. The van der Waals surface area contributed by atoms with E-state index >= 15 is 0 Å². The number of ether oxygens (including phenoxy) is 1. The number of hydrogen-bond acceptors (Lipinski definition) is 5. The highest BCUT2D eigenvalue weighted by atomic mass is 35.5. The molecule has 0 amide bonds. The second-order valence-electron chi connectivity index (χ2n) is 3.45. The van der Waals surface area contributed by atoms with E-state index in [0.29, 0.717) is 12.2 Å². The Morgan fingerprint density at radius 1 is 1.56 bits per heavy atom. The van der Waals surface area contributed by atoms with Crippen molar-refractivity contribution in [2.45, 2.75) is 6.92 Å². The minimum Gasteiger partial charge on any atom is -0.468 e. The molecule has 7 heteroatoms. The molecule has 0 aliphatic heterocycles. The number of nitrogens with zero attached hydrogens (tertiary/aromatic N) is 2. The Labute approximate surface area is 109 Å². The highest BCUT2D eigenvalue weighted by molar-refractivity contribution is 6.33. The van der Waals surface area contributed by atoms with Crippen LogP contribution in [0, 0.1) is 10.1 Å². The first-order chi connectivity index (χ1) is 8.51. The minimum atomic E-state index is -0.558. The van der Waals surface area contributed by atoms with Crippen molar-refractivity contribution < 1.29 is 14.5 Å². The van der Waals surface area contributed by atoms with Crippen LogP contribution in [0.3, 0.4) is 0 Å². The number of nitro groups is 1. The molecule has 0 unspecified atom stereocenters. The fraction of sp³-hybridized carbons (Fsp3) is 0.364. The Morgan fingerprint density at radius 3 is 2.72 bits per heavy atom. The van der Waals surface area contributed by atoms with Crippen molar-refractivity contribution in [2.75, 3.05) is 25.1 Å². The summed E-state index contributed by atoms with van der Waals surface area (Å²) in [6.07, 6.45) is 0. The normalized spacial score (nSPS) is 9.94. The van der Waals surface area contributed by atoms with E-state index in [0.717, 1.165) is 0 Å². The quantitative estimate of drug-likeness (QED) is 0.467. The van der Waals surface area contributed by atoms with Crippen LogP contribution in [-0.4, -0.2) is 31.1 Å². The van der Waals surface area contributed by atoms with Crippen LogP contribution in [0.1, 0.15) is 6.92 Å². The third-order valence-electron chi connectivity index (χ3n) is 2.42. The number of benzene rings is 1. The molecular formula is C11H13ClN2O4. The summed E-state index contributed by atoms with van der Waals surface area (Å²) in [6, 6.07) is 4.59. The molecule has 1 aromatic carbocycles. The summed E-state index contributed by atoms with van der Waals surface area (Å²) in [4.78, 5) is 23.2. The zero-order chi connectivity index (χ0) is 13.7. The van der Waals surface area contributed by atoms with E-state index in [4.69, 9.17) is 11.6 Å². The van der Waals surface area contributed by atoms with Crippen molar-refractivity contribution in [1.82, 2.24) is 0 Å². The van der Waals surface area contributed by atoms with E-state index in [1.807, 2.05) is 0 Å². The van der Waals surface area contributed by atoms with E-state index in [9.17, 15) is 14.9 Å². The number of halogens is 1. The fourth-order valence-corrected chi connectivity index (χ4v) is 1.77. The van der Waals surface area contributed by atoms with E-state index in [1.165, 1.54) is 18.1 Å². The summed E-state index contributed by atoms with van der Waals surface area (Å²) in [7, 11) is 1.27. The molecule has 0 aliphatic rings. The number of anilines is 1. The number of carbonyl (C=O) groups is 1. The van der Waals surface area contributed by atoms with Gasteiger partial charge in [-0.25, -0.2) is 0 Å². The molecule has 0 aromatic heterocycles. The number of hydrogen-bond donors (Lipinski definition) is 0. The predicted octanol–water partition coefficient (Wildman–Crippen LogP) is 2.25. The van der Waals surface area contributed by atoms with Crippen LogP contribution in [0.4, 0.5) is 11.4 Å². The number of rotatable bonds is 5. The SMILES string of the molecule is CCN(CC(=O)OC)c1cccc(Cl)c1[N+](=O)[O-]. The van der Waals surface area contributed by atoms with Crippen LogP contribution in [0.25, 0.3) is 0 Å². The third kappa shape index (κ3) is 3.10. The topological polar surface area (TPSA) is 72.7 Å². The number of nitro benzene ring substituents is 1. The molecule has 18 heavy (non-hydrogen) atoms. The van der Waals surface area contributed by atoms with Gasteiger partial charge in [-0.2, -0.15) is 0 Å². The first-order valence-electron chi connectivity index (χ1n) is 5.25. The fourth-order valence-electron chi connectivity index (χ4n) is 1.53. The molecule has 0 atom stereocenters. The van der Waals surface area contributed by atoms with Crippen LogP contribution in [0.2, 0.25) is 5.02 Å². The van der Waals surface area contributed by atoms with Crippen molar-refractivity contribution in [1.29, 1.82) is 0 Å². The molecule has 0 spiro atoms. The van der Waals surface area contributed by atoms with E-state index in [2.05, 4.69) is 4.74 Å². The number of carbonyl (C=O) groups excluding carboxylic acids is 1. The van der Waals surface area contributed by atoms with Gasteiger partial charge in [-0.15, -0.1) is 0 Å². The van der Waals surface area contributed by atoms with E-state index in [1.54, 1.807) is 19.1 Å². The van der Waals surface area contributed by atoms with Crippen molar-refractivity contribution in [3.8, 4) is 0 Å². The van der Waals surface area contributed by atoms with Crippen molar-refractivity contribution in [3.05, 3.63) is 33.3 Å². The molecule has 0 saturated carbocycles. The summed E-state index contributed by atoms with van der Waals surface area (Å²) < 4.78 is 4.55. The van der Waals surface area contributed by atoms with Crippen LogP contribution in [-0.2, 0) is 9.53 Å². The summed E-state index contributed by atoms with van der Waals surface area (Å²) in [5.74, 6) is -0.467. The lowest BCUT2D eigenvalue weighted by molar-refractivity contribution is -0.384. The molecule has 98 valence electrons. The first kappa shape index (κ1) is 14.2. The molecule has 0 fully saturated rings. The standard InChI is InChI=1S/C11H13ClN2O4/c1-3-13(7-10(15)18-2)9-6-4-5-8(12)11(9)14(16)17/h4-6H,3,7H2,1-2H3. The molecule has 0 N–H and O–H groups in total. The van der Waals surface area contributed by atoms with Gasteiger partial charge in [0.15, 0.2) is 0 Å². The summed E-state index contributed by atoms with van der Waals surface area (Å²) in [5.41, 5.74) is 0.102. The van der Waals surface area contributed by atoms with Gasteiger partial charge in [0, 0.05) is 6.54 Å². The largest absolute Gasteiger partial charge is 0.468 e. The molecule has 0 aliphatic carbocycles. The summed E-state index contributed by atoms with van der Waals surface area (Å²) in [5, 5.41) is 11.0. The average Bonchev–Trinajstić information content (AvgIpc) is 2.34. The van der Waals surface area contributed by atoms with Gasteiger partial charge in [0.1, 0.15) is 17.3 Å². The number of para-hydroxylation sites is 1. The number of esters is 1. The smallest absolute Gasteiger partial charge is 0.325 e. The molecule has 0 heterocycles. The molecule has 0 radical (unpaired) electrons. The Hall–Kier alpha value is -1.82. The van der Waals surface area contributed by atoms with Crippen LogP contribution < -0.4 is 4.90 Å². The van der Waals surface area contributed by atoms with Gasteiger partial charge in [0.05, 0.1) is 12.0 Å². The maximum Gasteiger partial charge on any atom is 0.325 e. The van der Waals surface area contributed by atoms with Crippen LogP contribution in [0.5, 0.6) is 0 Å². The lowest BCUT2D eigenvalue weighted by Gasteiger charge is -2.21. The lowest BCUT2D eigenvalue weighted by atomic mass is 10.2. The summed E-state index contributed by atoms with van der Waals surface area (Å²) >= 11 is 5.81. The second-order valence-corrected chi connectivity index (χ2v) is 3.86. The zero-order valence-corrected chi connectivity index (χ0v) is 10.8. The maximum absolute atomic E-state index is 11.3. The van der Waals surface area contributed by atoms with E-state index in [-0.39, 0.29) is 17.3 Å². The maximum atomic E-state index is 11.3. The van der Waals surface area contributed by atoms with Gasteiger partial charge in [-0.3, -0.25) is 14.9 Å². The van der Waals surface area contributed by atoms with E-state index < -0.39 is 10.9 Å². The second kappa shape index (κ2) is 6.20. The Kier molecular flexibility index (Phi) is 4.91. The zero-order valence-electron chi connectivity index (χ0n) is 10.1. The Balaban J connectivity index is 3.17. The highest BCUT2D eigenvalue weighted by Crippen LogP contribution is 2.34. The first-order valence-corrected chi connectivity index (χ1v) is 5.63. The van der Waals surface area contributed by atoms with Crippen LogP contribution >= 0.6 is 11.6 Å². The average molecular weight is 273 g/mol. The molecule has 1 rings (SSSR count). The molecule has 0 bridgehead atoms. The van der Waals surface area contributed by atoms with Gasteiger partial charge in [0.2, 0.25) is 0 Å². The van der Waals surface area contributed by atoms with Gasteiger partial charge in [-0.1, -0.05) is 17.7 Å². The Morgan fingerprint density at radius 2 is 2.22 bits per heavy atom. The molecule has 1 aromatic rings.